The average molecular weight is 551 g/mol. The fourth-order valence-corrected chi connectivity index (χ4v) is 5.49. The molecule has 1 saturated heterocycles. The Labute approximate surface area is 226 Å². The summed E-state index contributed by atoms with van der Waals surface area (Å²) in [5, 5.41) is 9.79. The average Bonchev–Trinajstić information content (AvgIpc) is 3.41. The van der Waals surface area contributed by atoms with Crippen molar-refractivity contribution in [1.82, 2.24) is 19.4 Å². The fourth-order valence-electron chi connectivity index (χ4n) is 4.84. The van der Waals surface area contributed by atoms with Crippen LogP contribution in [0.4, 0.5) is 0 Å². The van der Waals surface area contributed by atoms with Crippen LogP contribution in [0.1, 0.15) is 10.4 Å². The molecule has 0 spiro atoms. The maximum Gasteiger partial charge on any atom is 0.274 e. The summed E-state index contributed by atoms with van der Waals surface area (Å²) in [5.41, 5.74) is 1.80. The fraction of sp³-hybridized carbons (Fsp3) is 0.286. The predicted molar refractivity (Wildman–Crippen MR) is 148 cm³/mol. The van der Waals surface area contributed by atoms with Gasteiger partial charge in [0, 0.05) is 80.5 Å². The number of benzene rings is 2. The lowest BCUT2D eigenvalue weighted by Crippen LogP contribution is -2.49. The number of piperazine rings is 1. The Balaban J connectivity index is 1.50. The van der Waals surface area contributed by atoms with Crippen LogP contribution in [-0.4, -0.2) is 84.4 Å². The molecule has 0 radical (unpaired) electrons. The van der Waals surface area contributed by atoms with Gasteiger partial charge in [-0.3, -0.25) is 14.5 Å². The molecule has 3 heterocycles. The lowest BCUT2D eigenvalue weighted by atomic mass is 10.0. The molecule has 0 saturated carbocycles. The second-order valence-electron chi connectivity index (χ2n) is 9.64. The first-order valence-corrected chi connectivity index (χ1v) is 14.5. The van der Waals surface area contributed by atoms with Gasteiger partial charge in [0.15, 0.2) is 9.84 Å². The molecule has 0 atom stereocenters. The van der Waals surface area contributed by atoms with Crippen LogP contribution >= 0.6 is 0 Å². The molecule has 5 rings (SSSR count). The number of ether oxygens (including phenoxy) is 1. The Morgan fingerprint density at radius 2 is 1.82 bits per heavy atom. The van der Waals surface area contributed by atoms with E-state index in [0.29, 0.717) is 71.8 Å². The third-order valence-electron chi connectivity index (χ3n) is 6.95. The van der Waals surface area contributed by atoms with Crippen LogP contribution in [0.25, 0.3) is 22.0 Å². The highest BCUT2D eigenvalue weighted by Gasteiger charge is 2.23. The minimum Gasteiger partial charge on any atom is -0.457 e. The van der Waals surface area contributed by atoms with E-state index >= 15 is 0 Å². The van der Waals surface area contributed by atoms with Crippen LogP contribution in [0, 0.1) is 0 Å². The number of hydrogen-bond donors (Lipinski definition) is 2. The van der Waals surface area contributed by atoms with E-state index in [4.69, 9.17) is 9.84 Å². The Kier molecular flexibility index (Phi) is 7.30. The highest BCUT2D eigenvalue weighted by Crippen LogP contribution is 2.38. The highest BCUT2D eigenvalue weighted by atomic mass is 32.2. The van der Waals surface area contributed by atoms with E-state index in [1.807, 2.05) is 0 Å². The number of aliphatic hydroxyl groups excluding tert-OH is 1. The number of carbonyl (C=O) groups is 1. The second kappa shape index (κ2) is 10.7. The largest absolute Gasteiger partial charge is 0.457 e. The van der Waals surface area contributed by atoms with Crippen molar-refractivity contribution in [2.45, 2.75) is 4.90 Å². The number of sulfone groups is 1. The maximum atomic E-state index is 13.2. The summed E-state index contributed by atoms with van der Waals surface area (Å²) in [6, 6.07) is 13.3. The molecule has 0 unspecified atom stereocenters. The lowest BCUT2D eigenvalue weighted by molar-refractivity contribution is 0.0614. The number of fused-ring (bicyclic) bond motifs is 1. The van der Waals surface area contributed by atoms with Gasteiger partial charge in [-0.15, -0.1) is 0 Å². The molecule has 1 amide bonds. The van der Waals surface area contributed by atoms with Crippen molar-refractivity contribution < 1.29 is 23.1 Å². The van der Waals surface area contributed by atoms with E-state index in [2.05, 4.69) is 9.88 Å². The van der Waals surface area contributed by atoms with E-state index < -0.39 is 9.84 Å². The number of aliphatic hydroxyl groups is 1. The number of carbonyl (C=O) groups excluding carboxylic acids is 1. The number of nitrogens with one attached hydrogen (secondary N) is 1. The topological polar surface area (TPSA) is 125 Å². The normalized spacial score (nSPS) is 14.6. The molecule has 11 heteroatoms. The van der Waals surface area contributed by atoms with Crippen molar-refractivity contribution in [2.75, 3.05) is 45.6 Å². The summed E-state index contributed by atoms with van der Waals surface area (Å²) in [6.07, 6.45) is 4.45. The molecule has 1 aliphatic heterocycles. The first-order chi connectivity index (χ1) is 18.7. The van der Waals surface area contributed by atoms with E-state index in [1.165, 1.54) is 16.7 Å². The van der Waals surface area contributed by atoms with Crippen LogP contribution < -0.4 is 10.3 Å². The Morgan fingerprint density at radius 1 is 1.05 bits per heavy atom. The summed E-state index contributed by atoms with van der Waals surface area (Å²) in [7, 11) is -1.89. The van der Waals surface area contributed by atoms with Gasteiger partial charge in [-0.25, -0.2) is 8.42 Å². The number of hydrogen-bond acceptors (Lipinski definition) is 7. The number of nitrogens with zero attached hydrogens (tertiary/aromatic N) is 3. The van der Waals surface area contributed by atoms with E-state index in [0.717, 1.165) is 6.26 Å². The zero-order valence-electron chi connectivity index (χ0n) is 21.8. The monoisotopic (exact) mass is 550 g/mol. The first-order valence-electron chi connectivity index (χ1n) is 12.6. The van der Waals surface area contributed by atoms with Gasteiger partial charge in [0.2, 0.25) is 0 Å². The van der Waals surface area contributed by atoms with Gasteiger partial charge in [0.05, 0.1) is 11.5 Å². The molecular formula is C28H30N4O6S. The van der Waals surface area contributed by atoms with Crippen LogP contribution in [-0.2, 0) is 16.9 Å². The number of β-amino-alcohol motifs (C(OH)–C–C–N with tert-alkyl or cyclic N) is 1. The van der Waals surface area contributed by atoms with Crippen LogP contribution in [0.5, 0.6) is 11.5 Å². The standard InChI is InChI=1S/C28H30N4O6S/c1-30-18-24(22-8-9-29-26(22)28(30)35)23-17-21(39(2,36)37)6-7-25(23)38-20-5-3-4-19(16-20)27(34)32-12-10-31(11-13-32)14-15-33/h3-9,16-18,29,33H,10-15H2,1-2H3. The molecule has 0 bridgehead atoms. The van der Waals surface area contributed by atoms with Crippen molar-refractivity contribution in [3.63, 3.8) is 0 Å². The van der Waals surface area contributed by atoms with Crippen LogP contribution in [0.15, 0.2) is 70.6 Å². The summed E-state index contributed by atoms with van der Waals surface area (Å²) in [4.78, 5) is 32.8. The van der Waals surface area contributed by atoms with E-state index in [9.17, 15) is 18.0 Å². The van der Waals surface area contributed by atoms with Gasteiger partial charge in [0.1, 0.15) is 17.0 Å². The van der Waals surface area contributed by atoms with Gasteiger partial charge in [0.25, 0.3) is 11.5 Å². The van der Waals surface area contributed by atoms with E-state index in [1.54, 1.807) is 60.7 Å². The summed E-state index contributed by atoms with van der Waals surface area (Å²) in [5.74, 6) is 0.692. The van der Waals surface area contributed by atoms with Gasteiger partial charge >= 0.3 is 0 Å². The first kappa shape index (κ1) is 26.7. The smallest absolute Gasteiger partial charge is 0.274 e. The lowest BCUT2D eigenvalue weighted by Gasteiger charge is -2.34. The molecule has 204 valence electrons. The van der Waals surface area contributed by atoms with Gasteiger partial charge in [-0.2, -0.15) is 0 Å². The van der Waals surface area contributed by atoms with Crippen LogP contribution in [0.3, 0.4) is 0 Å². The molecule has 10 nitrogen and oxygen atoms in total. The van der Waals surface area contributed by atoms with E-state index in [-0.39, 0.29) is 23.0 Å². The number of amides is 1. The third-order valence-corrected chi connectivity index (χ3v) is 8.06. The molecule has 2 aromatic heterocycles. The molecule has 1 fully saturated rings. The number of H-pyrrole nitrogens is 1. The molecule has 2 aromatic carbocycles. The quantitative estimate of drug-likeness (QED) is 0.362. The van der Waals surface area contributed by atoms with Gasteiger partial charge < -0.3 is 24.3 Å². The van der Waals surface area contributed by atoms with Crippen molar-refractivity contribution in [1.29, 1.82) is 0 Å². The third kappa shape index (κ3) is 5.47. The highest BCUT2D eigenvalue weighted by molar-refractivity contribution is 7.90. The van der Waals surface area contributed by atoms with Crippen molar-refractivity contribution >= 4 is 26.6 Å². The number of aromatic amines is 1. The van der Waals surface area contributed by atoms with Gasteiger partial charge in [-0.1, -0.05) is 6.07 Å². The Morgan fingerprint density at radius 3 is 2.54 bits per heavy atom. The molecule has 1 aliphatic rings. The molecule has 39 heavy (non-hydrogen) atoms. The number of rotatable bonds is 7. The van der Waals surface area contributed by atoms with Crippen molar-refractivity contribution in [2.24, 2.45) is 7.05 Å². The summed E-state index contributed by atoms with van der Waals surface area (Å²) < 4.78 is 32.5. The zero-order valence-corrected chi connectivity index (χ0v) is 22.6. The second-order valence-corrected chi connectivity index (χ2v) is 11.7. The molecular weight excluding hydrogens is 520 g/mol. The molecule has 0 aliphatic carbocycles. The minimum atomic E-state index is -3.52. The number of aromatic nitrogens is 2. The number of aryl methyl sites for hydroxylation is 1. The summed E-state index contributed by atoms with van der Waals surface area (Å²) >= 11 is 0. The molecule has 2 N–H and O–H groups in total. The maximum absolute atomic E-state index is 13.2. The Bertz CT molecular complexity index is 1700. The predicted octanol–water partition coefficient (Wildman–Crippen LogP) is 2.48. The Hall–Kier alpha value is -3.93. The number of pyridine rings is 1. The van der Waals surface area contributed by atoms with Crippen molar-refractivity contribution in [3.05, 3.63) is 76.8 Å². The summed E-state index contributed by atoms with van der Waals surface area (Å²) in [6.45, 7) is 3.23. The zero-order chi connectivity index (χ0) is 27.7. The molecule has 4 aromatic rings. The minimum absolute atomic E-state index is 0.0926. The van der Waals surface area contributed by atoms with Crippen LogP contribution in [0.2, 0.25) is 0 Å². The van der Waals surface area contributed by atoms with Crippen molar-refractivity contribution in [3.8, 4) is 22.6 Å². The van der Waals surface area contributed by atoms with Gasteiger partial charge in [-0.05, 0) is 42.5 Å². The SMILES string of the molecule is Cn1cc(-c2cc(S(C)(=O)=O)ccc2Oc2cccc(C(=O)N3CCN(CCO)CC3)c2)c2cc[nH]c2c1=O.